The monoisotopic (exact) mass is 594 g/mol. The number of carbonyl (C=O) groups is 3. The number of fused-ring (bicyclic) bond motifs is 1. The van der Waals surface area contributed by atoms with Crippen molar-refractivity contribution in [2.45, 2.75) is 38.4 Å². The van der Waals surface area contributed by atoms with Crippen molar-refractivity contribution in [2.75, 3.05) is 11.4 Å². The molecule has 0 saturated heterocycles. The number of anilines is 1. The molecule has 1 aliphatic rings. The maximum absolute atomic E-state index is 14.1. The van der Waals surface area contributed by atoms with E-state index in [1.54, 1.807) is 4.90 Å². The molecule has 44 heavy (non-hydrogen) atoms. The number of rotatable bonds is 10. The van der Waals surface area contributed by atoms with Crippen molar-refractivity contribution in [3.8, 4) is 0 Å². The zero-order valence-corrected chi connectivity index (χ0v) is 24.2. The van der Waals surface area contributed by atoms with E-state index in [1.165, 1.54) is 6.92 Å². The Morgan fingerprint density at radius 1 is 0.864 bits per heavy atom. The van der Waals surface area contributed by atoms with Gasteiger partial charge in [-0.05, 0) is 49.1 Å². The topological polar surface area (TPSA) is 90.9 Å². The van der Waals surface area contributed by atoms with Gasteiger partial charge < -0.3 is 15.5 Å². The fourth-order valence-corrected chi connectivity index (χ4v) is 5.18. The molecule has 4 aromatic rings. The lowest BCUT2D eigenvalue weighted by Gasteiger charge is -2.26. The number of hydrogen-bond acceptors (Lipinski definition) is 4. The molecular weight excluding hydrogens is 562 g/mol. The maximum atomic E-state index is 14.1. The molecule has 224 valence electrons. The molecule has 3 amide bonds. The van der Waals surface area contributed by atoms with E-state index in [-0.39, 0.29) is 12.0 Å². The van der Waals surface area contributed by atoms with Crippen molar-refractivity contribution < 1.29 is 23.2 Å². The number of nitrogens with one attached hydrogen (secondary N) is 2. The quantitative estimate of drug-likeness (QED) is 0.272. The average molecular weight is 595 g/mol. The third-order valence-electron chi connectivity index (χ3n) is 7.28. The van der Waals surface area contributed by atoms with E-state index in [0.717, 1.165) is 35.2 Å². The van der Waals surface area contributed by atoms with E-state index in [0.29, 0.717) is 30.4 Å². The number of aliphatic imine (C=N–C) groups is 1. The SMILES string of the molecule is C[C@H](NC(=O)Cc1cc(F)cc(F)c1)C(=O)NC1N=C(c2ccccc2)c2ccccc2N(CCCc2ccccc2)C1=O. The first-order chi connectivity index (χ1) is 21.3. The lowest BCUT2D eigenvalue weighted by molar-refractivity contribution is -0.130. The van der Waals surface area contributed by atoms with Crippen LogP contribution in [0, 0.1) is 11.6 Å². The Morgan fingerprint density at radius 3 is 2.20 bits per heavy atom. The van der Waals surface area contributed by atoms with Crippen LogP contribution >= 0.6 is 0 Å². The fourth-order valence-electron chi connectivity index (χ4n) is 5.18. The second-order valence-corrected chi connectivity index (χ2v) is 10.6. The Morgan fingerprint density at radius 2 is 1.50 bits per heavy atom. The van der Waals surface area contributed by atoms with Crippen LogP contribution in [-0.2, 0) is 27.2 Å². The summed E-state index contributed by atoms with van der Waals surface area (Å²) in [4.78, 5) is 46.4. The molecule has 0 bridgehead atoms. The van der Waals surface area contributed by atoms with E-state index >= 15 is 0 Å². The van der Waals surface area contributed by atoms with Gasteiger partial charge in [0.15, 0.2) is 0 Å². The van der Waals surface area contributed by atoms with Gasteiger partial charge in [-0.1, -0.05) is 78.9 Å². The van der Waals surface area contributed by atoms with Crippen molar-refractivity contribution in [1.82, 2.24) is 10.6 Å². The predicted molar refractivity (Wildman–Crippen MR) is 165 cm³/mol. The fraction of sp³-hybridized carbons (Fsp3) is 0.200. The third-order valence-corrected chi connectivity index (χ3v) is 7.28. The number of hydrogen-bond donors (Lipinski definition) is 2. The van der Waals surface area contributed by atoms with Gasteiger partial charge in [0.1, 0.15) is 17.7 Å². The Kier molecular flexibility index (Phi) is 9.54. The van der Waals surface area contributed by atoms with E-state index < -0.39 is 41.6 Å². The minimum Gasteiger partial charge on any atom is -0.344 e. The molecule has 0 aliphatic carbocycles. The Balaban J connectivity index is 1.38. The predicted octanol–water partition coefficient (Wildman–Crippen LogP) is 4.97. The normalized spacial score (nSPS) is 15.1. The van der Waals surface area contributed by atoms with E-state index in [1.807, 2.05) is 84.9 Å². The highest BCUT2D eigenvalue weighted by Gasteiger charge is 2.33. The Labute approximate surface area is 254 Å². The van der Waals surface area contributed by atoms with Crippen molar-refractivity contribution in [3.05, 3.63) is 137 Å². The number of carbonyl (C=O) groups excluding carboxylic acids is 3. The van der Waals surface area contributed by atoms with Crippen LogP contribution in [0.15, 0.2) is 108 Å². The molecule has 0 saturated carbocycles. The molecule has 2 atom stereocenters. The Bertz CT molecular complexity index is 1660. The molecule has 5 rings (SSSR count). The summed E-state index contributed by atoms with van der Waals surface area (Å²) in [5.41, 5.74) is 4.06. The van der Waals surface area contributed by atoms with E-state index in [9.17, 15) is 23.2 Å². The van der Waals surface area contributed by atoms with Crippen LogP contribution < -0.4 is 15.5 Å². The van der Waals surface area contributed by atoms with Crippen molar-refractivity contribution in [1.29, 1.82) is 0 Å². The second-order valence-electron chi connectivity index (χ2n) is 10.6. The van der Waals surface area contributed by atoms with Gasteiger partial charge in [-0.25, -0.2) is 13.8 Å². The number of benzodiazepines with no additional fused rings is 1. The van der Waals surface area contributed by atoms with Crippen LogP contribution in [0.3, 0.4) is 0 Å². The lowest BCUT2D eigenvalue weighted by Crippen LogP contribution is -2.53. The number of para-hydroxylation sites is 1. The number of halogens is 2. The van der Waals surface area contributed by atoms with E-state index in [4.69, 9.17) is 4.99 Å². The Hall–Kier alpha value is -5.18. The highest BCUT2D eigenvalue weighted by Crippen LogP contribution is 2.28. The minimum absolute atomic E-state index is 0.132. The van der Waals surface area contributed by atoms with Gasteiger partial charge >= 0.3 is 0 Å². The number of amides is 3. The zero-order chi connectivity index (χ0) is 31.1. The summed E-state index contributed by atoms with van der Waals surface area (Å²) in [5, 5.41) is 5.26. The average Bonchev–Trinajstić information content (AvgIpc) is 3.12. The molecule has 7 nitrogen and oxygen atoms in total. The van der Waals surface area contributed by atoms with Gasteiger partial charge in [0.05, 0.1) is 17.8 Å². The van der Waals surface area contributed by atoms with Crippen molar-refractivity contribution in [2.24, 2.45) is 4.99 Å². The molecule has 0 radical (unpaired) electrons. The molecule has 2 N–H and O–H groups in total. The van der Waals surface area contributed by atoms with Gasteiger partial charge in [-0.2, -0.15) is 0 Å². The highest BCUT2D eigenvalue weighted by atomic mass is 19.1. The van der Waals surface area contributed by atoms with Crippen LogP contribution in [0.2, 0.25) is 0 Å². The largest absolute Gasteiger partial charge is 0.344 e. The summed E-state index contributed by atoms with van der Waals surface area (Å²) >= 11 is 0. The van der Waals surface area contributed by atoms with Crippen LogP contribution in [0.1, 0.15) is 35.6 Å². The summed E-state index contributed by atoms with van der Waals surface area (Å²) in [6.45, 7) is 1.86. The van der Waals surface area contributed by atoms with Crippen molar-refractivity contribution >= 4 is 29.1 Å². The summed E-state index contributed by atoms with van der Waals surface area (Å²) in [6.07, 6.45) is -0.152. The molecule has 9 heteroatoms. The summed E-state index contributed by atoms with van der Waals surface area (Å²) in [5.74, 6) is -3.24. The van der Waals surface area contributed by atoms with E-state index in [2.05, 4.69) is 10.6 Å². The first-order valence-electron chi connectivity index (χ1n) is 14.4. The van der Waals surface area contributed by atoms with Crippen LogP contribution in [0.5, 0.6) is 0 Å². The molecule has 4 aromatic carbocycles. The van der Waals surface area contributed by atoms with Gasteiger partial charge in [-0.3, -0.25) is 14.4 Å². The minimum atomic E-state index is -1.27. The van der Waals surface area contributed by atoms with Crippen LogP contribution in [0.25, 0.3) is 0 Å². The standard InChI is InChI=1S/C35H32F2N4O3/c1-23(38-31(42)21-25-19-27(36)22-28(37)20-25)34(43)40-33-35(44)41(18-10-13-24-11-4-2-5-12-24)30-17-9-8-16-29(30)32(39-33)26-14-6-3-7-15-26/h2-9,11-12,14-17,19-20,22-23,33H,10,13,18,21H2,1H3,(H,38,42)(H,40,43)/t23-,33?/m0/s1. The molecule has 0 fully saturated rings. The van der Waals surface area contributed by atoms with Crippen molar-refractivity contribution in [3.63, 3.8) is 0 Å². The summed E-state index contributed by atoms with van der Waals surface area (Å²) in [7, 11) is 0. The second kappa shape index (κ2) is 13.9. The number of aryl methyl sites for hydroxylation is 1. The van der Waals surface area contributed by atoms with Crippen LogP contribution in [0.4, 0.5) is 14.5 Å². The smallest absolute Gasteiger partial charge is 0.272 e. The molecule has 0 spiro atoms. The first kappa shape index (κ1) is 30.3. The first-order valence-corrected chi connectivity index (χ1v) is 14.4. The van der Waals surface area contributed by atoms with Gasteiger partial charge in [0.2, 0.25) is 18.0 Å². The maximum Gasteiger partial charge on any atom is 0.272 e. The number of nitrogens with zero attached hydrogens (tertiary/aromatic N) is 2. The molecule has 1 heterocycles. The van der Waals surface area contributed by atoms with Gasteiger partial charge in [0, 0.05) is 23.7 Å². The summed E-state index contributed by atoms with van der Waals surface area (Å²) < 4.78 is 27.1. The highest BCUT2D eigenvalue weighted by molar-refractivity contribution is 6.20. The summed E-state index contributed by atoms with van der Waals surface area (Å²) in [6, 6.07) is 28.7. The lowest BCUT2D eigenvalue weighted by atomic mass is 10.00. The molecule has 0 aromatic heterocycles. The van der Waals surface area contributed by atoms with Gasteiger partial charge in [0.25, 0.3) is 5.91 Å². The van der Waals surface area contributed by atoms with Crippen LogP contribution in [-0.4, -0.2) is 42.2 Å². The molecular formula is C35H32F2N4O3. The van der Waals surface area contributed by atoms with Gasteiger partial charge in [-0.15, -0.1) is 0 Å². The molecule has 1 unspecified atom stereocenters. The molecule has 1 aliphatic heterocycles. The zero-order valence-electron chi connectivity index (χ0n) is 24.2. The number of benzene rings is 4. The third kappa shape index (κ3) is 7.42.